The van der Waals surface area contributed by atoms with Crippen LogP contribution in [0.3, 0.4) is 0 Å². The number of halogens is 1. The van der Waals surface area contributed by atoms with Crippen LogP contribution in [0.15, 0.2) is 10.6 Å². The lowest BCUT2D eigenvalue weighted by molar-refractivity contribution is -0.152. The fourth-order valence-corrected chi connectivity index (χ4v) is 0.743. The molecule has 0 unspecified atom stereocenters. The zero-order chi connectivity index (χ0) is 14.4. The summed E-state index contributed by atoms with van der Waals surface area (Å²) in [5.41, 5.74) is 1.30. The largest absolute Gasteiger partial charge is 0.460 e. The van der Waals surface area contributed by atoms with Gasteiger partial charge in [0.15, 0.2) is 0 Å². The summed E-state index contributed by atoms with van der Waals surface area (Å²) in [7, 11) is 0. The molecule has 0 atom stereocenters. The molecular formula is C13H23BrO4. The second kappa shape index (κ2) is 14.4. The fourth-order valence-electron chi connectivity index (χ4n) is 0.743. The van der Waals surface area contributed by atoms with Gasteiger partial charge in [-0.1, -0.05) is 21.5 Å². The first kappa shape index (κ1) is 19.7. The lowest BCUT2D eigenvalue weighted by Crippen LogP contribution is -2.12. The van der Waals surface area contributed by atoms with E-state index < -0.39 is 11.8 Å². The topological polar surface area (TPSA) is 52.6 Å². The molecule has 0 N–H and O–H groups in total. The Morgan fingerprint density at radius 2 is 1.67 bits per heavy atom. The monoisotopic (exact) mass is 322 g/mol. The van der Waals surface area contributed by atoms with Gasteiger partial charge in [0.1, 0.15) is 0 Å². The van der Waals surface area contributed by atoms with Gasteiger partial charge in [0.2, 0.25) is 5.78 Å². The molecule has 0 aliphatic carbocycles. The van der Waals surface area contributed by atoms with Gasteiger partial charge in [-0.25, -0.2) is 4.79 Å². The minimum Gasteiger partial charge on any atom is -0.460 e. The number of carbonyl (C=O) groups excluding carboxylic acids is 2. The number of ketones is 1. The molecule has 5 heteroatoms. The number of allylic oxidation sites excluding steroid dienone is 1. The maximum Gasteiger partial charge on any atom is 0.374 e. The molecule has 0 saturated carbocycles. The number of hydrogen-bond donors (Lipinski definition) is 0. The summed E-state index contributed by atoms with van der Waals surface area (Å²) in [6.07, 6.45) is 2.56. The highest BCUT2D eigenvalue weighted by Crippen LogP contribution is 1.98. The van der Waals surface area contributed by atoms with Crippen LogP contribution in [0, 0.1) is 0 Å². The molecule has 0 aromatic heterocycles. The Morgan fingerprint density at radius 1 is 1.22 bits per heavy atom. The number of hydrogen-bond acceptors (Lipinski definition) is 4. The summed E-state index contributed by atoms with van der Waals surface area (Å²) in [4.78, 5) is 22.1. The van der Waals surface area contributed by atoms with E-state index in [4.69, 9.17) is 4.74 Å². The second-order valence-electron chi connectivity index (χ2n) is 3.78. The van der Waals surface area contributed by atoms with Crippen LogP contribution >= 0.6 is 15.9 Å². The van der Waals surface area contributed by atoms with Crippen LogP contribution in [0.25, 0.3) is 0 Å². The fraction of sp³-hybridized carbons (Fsp3) is 0.692. The zero-order valence-electron chi connectivity index (χ0n) is 11.6. The van der Waals surface area contributed by atoms with E-state index in [9.17, 15) is 9.59 Å². The van der Waals surface area contributed by atoms with Crippen LogP contribution in [-0.4, -0.2) is 31.6 Å². The molecule has 1 fully saturated rings. The minimum absolute atomic E-state index is 0.262. The molecule has 1 saturated heterocycles. The second-order valence-corrected chi connectivity index (χ2v) is 4.24. The molecule has 0 spiro atoms. The summed E-state index contributed by atoms with van der Waals surface area (Å²) >= 11 is 3.15. The van der Waals surface area contributed by atoms with Gasteiger partial charge in [-0.2, -0.15) is 0 Å². The van der Waals surface area contributed by atoms with Gasteiger partial charge >= 0.3 is 5.97 Å². The third kappa shape index (κ3) is 17.7. The first-order chi connectivity index (χ1) is 8.45. The predicted octanol–water partition coefficient (Wildman–Crippen LogP) is 3.24. The van der Waals surface area contributed by atoms with Gasteiger partial charge in [-0.05, 0) is 38.6 Å². The van der Waals surface area contributed by atoms with Crippen molar-refractivity contribution < 1.29 is 19.1 Å². The lowest BCUT2D eigenvalue weighted by atomic mass is 10.4. The van der Waals surface area contributed by atoms with Crippen LogP contribution in [-0.2, 0) is 19.1 Å². The van der Waals surface area contributed by atoms with Crippen LogP contribution in [0.4, 0.5) is 0 Å². The summed E-state index contributed by atoms with van der Waals surface area (Å²) in [6, 6.07) is 0. The first-order valence-electron chi connectivity index (χ1n) is 5.94. The Bertz CT molecular complexity index is 246. The molecule has 18 heavy (non-hydrogen) atoms. The third-order valence-electron chi connectivity index (χ3n) is 1.61. The van der Waals surface area contributed by atoms with E-state index >= 15 is 0 Å². The average Bonchev–Trinajstić information content (AvgIpc) is 2.88. The van der Waals surface area contributed by atoms with Crippen molar-refractivity contribution in [2.45, 2.75) is 40.5 Å². The summed E-state index contributed by atoms with van der Waals surface area (Å²) in [5.74, 6) is -1.31. The molecule has 0 aromatic carbocycles. The highest BCUT2D eigenvalue weighted by Gasteiger charge is 2.05. The van der Waals surface area contributed by atoms with Crippen molar-refractivity contribution in [3.63, 3.8) is 0 Å². The maximum atomic E-state index is 10.2. The lowest BCUT2D eigenvalue weighted by Gasteiger charge is -1.93. The van der Waals surface area contributed by atoms with E-state index in [1.54, 1.807) is 6.92 Å². The SMILES string of the molecule is C1CCOC1.CC(C)=CBr.CCOC(=O)C(C)=O. The van der Waals surface area contributed by atoms with E-state index in [2.05, 4.69) is 20.7 Å². The van der Waals surface area contributed by atoms with Gasteiger partial charge in [0.25, 0.3) is 0 Å². The Kier molecular flexibility index (Phi) is 15.7. The van der Waals surface area contributed by atoms with Crippen molar-refractivity contribution in [1.29, 1.82) is 0 Å². The Balaban J connectivity index is 0. The van der Waals surface area contributed by atoms with Crippen molar-refractivity contribution in [2.75, 3.05) is 19.8 Å². The standard InChI is InChI=1S/C5H8O3.C4H7Br.C4H8O/c1-3-8-5(7)4(2)6;1-4(2)3-5;1-2-4-5-3-1/h3H2,1-2H3;3H,1-2H3;1-4H2. The van der Waals surface area contributed by atoms with Crippen LogP contribution in [0.2, 0.25) is 0 Å². The summed E-state index contributed by atoms with van der Waals surface area (Å²) in [5, 5.41) is 0. The average molecular weight is 323 g/mol. The number of rotatable bonds is 2. The maximum absolute atomic E-state index is 10.2. The van der Waals surface area contributed by atoms with Crippen LogP contribution < -0.4 is 0 Å². The van der Waals surface area contributed by atoms with Crippen LogP contribution in [0.5, 0.6) is 0 Å². The smallest absolute Gasteiger partial charge is 0.374 e. The quantitative estimate of drug-likeness (QED) is 0.578. The van der Waals surface area contributed by atoms with Gasteiger partial charge < -0.3 is 9.47 Å². The Morgan fingerprint density at radius 3 is 1.78 bits per heavy atom. The van der Waals surface area contributed by atoms with Crippen molar-refractivity contribution in [3.05, 3.63) is 10.6 Å². The van der Waals surface area contributed by atoms with Crippen molar-refractivity contribution in [3.8, 4) is 0 Å². The van der Waals surface area contributed by atoms with E-state index in [0.29, 0.717) is 0 Å². The van der Waals surface area contributed by atoms with E-state index in [0.717, 1.165) is 13.2 Å². The summed E-state index contributed by atoms with van der Waals surface area (Å²) < 4.78 is 9.26. The van der Waals surface area contributed by atoms with Gasteiger partial charge in [0, 0.05) is 20.1 Å². The van der Waals surface area contributed by atoms with Gasteiger partial charge in [0.05, 0.1) is 6.61 Å². The normalized spacial score (nSPS) is 12.3. The third-order valence-corrected chi connectivity index (χ3v) is 2.52. The Hall–Kier alpha value is -0.680. The molecule has 0 aromatic rings. The van der Waals surface area contributed by atoms with Crippen molar-refractivity contribution in [1.82, 2.24) is 0 Å². The number of carbonyl (C=O) groups is 2. The van der Waals surface area contributed by atoms with E-state index in [1.165, 1.54) is 25.3 Å². The number of esters is 1. The van der Waals surface area contributed by atoms with E-state index in [-0.39, 0.29) is 6.61 Å². The van der Waals surface area contributed by atoms with E-state index in [1.807, 2.05) is 18.8 Å². The molecule has 1 aliphatic heterocycles. The number of Topliss-reactive ketones (excluding diaryl/α,β-unsaturated/α-hetero) is 1. The summed E-state index contributed by atoms with van der Waals surface area (Å²) in [6.45, 7) is 9.17. The molecule has 1 aliphatic rings. The molecule has 1 heterocycles. The van der Waals surface area contributed by atoms with Crippen LogP contribution in [0.1, 0.15) is 40.5 Å². The van der Waals surface area contributed by atoms with Gasteiger partial charge in [-0.15, -0.1) is 0 Å². The first-order valence-corrected chi connectivity index (χ1v) is 6.86. The molecule has 0 radical (unpaired) electrons. The molecule has 0 bridgehead atoms. The molecule has 0 amide bonds. The molecular weight excluding hydrogens is 300 g/mol. The van der Waals surface area contributed by atoms with Crippen molar-refractivity contribution in [2.24, 2.45) is 0 Å². The highest BCUT2D eigenvalue weighted by atomic mass is 79.9. The molecule has 4 nitrogen and oxygen atoms in total. The van der Waals surface area contributed by atoms with Gasteiger partial charge in [-0.3, -0.25) is 4.79 Å². The Labute approximate surface area is 118 Å². The molecule has 106 valence electrons. The highest BCUT2D eigenvalue weighted by molar-refractivity contribution is 9.11. The van der Waals surface area contributed by atoms with Crippen molar-refractivity contribution >= 4 is 27.7 Å². The predicted molar refractivity (Wildman–Crippen MR) is 75.7 cm³/mol. The minimum atomic E-state index is -0.757. The number of ether oxygens (including phenoxy) is 2. The zero-order valence-corrected chi connectivity index (χ0v) is 13.2. The molecule has 1 rings (SSSR count).